The standard InChI is InChI=1S/C20H18N3/c1-14-20(21-19-8-4-5-11-22(14)19)18-12-16-6-2-3-7-17(16)23(18)13-15-9-10-15/h2-3,5-8,11-12,15H,9-10,13H2,1H3. The number of benzene rings is 1. The van der Waals surface area contributed by atoms with Crippen molar-refractivity contribution in [3.63, 3.8) is 0 Å². The first-order valence-corrected chi connectivity index (χ1v) is 8.24. The smallest absolute Gasteiger partial charge is 0.138 e. The Hall–Kier alpha value is -2.55. The number of imidazole rings is 1. The molecular weight excluding hydrogens is 282 g/mol. The first-order valence-electron chi connectivity index (χ1n) is 8.24. The highest BCUT2D eigenvalue weighted by molar-refractivity contribution is 5.87. The molecule has 5 rings (SSSR count). The van der Waals surface area contributed by atoms with Gasteiger partial charge in [0.05, 0.1) is 5.69 Å². The number of nitrogens with zero attached hydrogens (tertiary/aromatic N) is 3. The van der Waals surface area contributed by atoms with Gasteiger partial charge in [0.15, 0.2) is 0 Å². The van der Waals surface area contributed by atoms with Crippen LogP contribution in [0.1, 0.15) is 18.5 Å². The van der Waals surface area contributed by atoms with E-state index in [9.17, 15) is 0 Å². The average Bonchev–Trinajstić information content (AvgIpc) is 3.25. The van der Waals surface area contributed by atoms with E-state index in [4.69, 9.17) is 4.98 Å². The SMILES string of the molecule is Cc1c(-c2cc3ccccc3n2CC2CC2)nc2c[c]ccn12. The fourth-order valence-electron chi connectivity index (χ4n) is 3.47. The van der Waals surface area contributed by atoms with Crippen molar-refractivity contribution < 1.29 is 0 Å². The lowest BCUT2D eigenvalue weighted by Gasteiger charge is -2.09. The van der Waals surface area contributed by atoms with Gasteiger partial charge < -0.3 is 8.97 Å². The number of hydrogen-bond acceptors (Lipinski definition) is 1. The number of aryl methyl sites for hydroxylation is 1. The van der Waals surface area contributed by atoms with Crippen molar-refractivity contribution >= 4 is 16.6 Å². The van der Waals surface area contributed by atoms with Crippen LogP contribution in [0.15, 0.2) is 48.7 Å². The van der Waals surface area contributed by atoms with Gasteiger partial charge in [-0.2, -0.15) is 0 Å². The van der Waals surface area contributed by atoms with Crippen molar-refractivity contribution in [2.45, 2.75) is 26.3 Å². The third-order valence-electron chi connectivity index (χ3n) is 4.90. The molecular formula is C20H18N3. The molecule has 23 heavy (non-hydrogen) atoms. The van der Waals surface area contributed by atoms with E-state index < -0.39 is 0 Å². The van der Waals surface area contributed by atoms with Crippen molar-refractivity contribution in [1.82, 2.24) is 14.0 Å². The number of hydrogen-bond donors (Lipinski definition) is 0. The number of fused-ring (bicyclic) bond motifs is 2. The zero-order valence-electron chi connectivity index (χ0n) is 13.2. The maximum atomic E-state index is 4.88. The van der Waals surface area contributed by atoms with E-state index in [2.05, 4.69) is 52.3 Å². The van der Waals surface area contributed by atoms with Crippen molar-refractivity contribution in [2.24, 2.45) is 5.92 Å². The van der Waals surface area contributed by atoms with Crippen LogP contribution in [0.2, 0.25) is 0 Å². The van der Waals surface area contributed by atoms with E-state index in [-0.39, 0.29) is 0 Å². The lowest BCUT2D eigenvalue weighted by atomic mass is 10.2. The highest BCUT2D eigenvalue weighted by atomic mass is 15.1. The summed E-state index contributed by atoms with van der Waals surface area (Å²) in [5.41, 5.74) is 5.79. The van der Waals surface area contributed by atoms with Crippen LogP contribution < -0.4 is 0 Å². The van der Waals surface area contributed by atoms with Crippen LogP contribution in [0.3, 0.4) is 0 Å². The van der Waals surface area contributed by atoms with E-state index in [0.717, 1.165) is 23.8 Å². The normalized spacial score (nSPS) is 14.8. The van der Waals surface area contributed by atoms with Crippen molar-refractivity contribution in [2.75, 3.05) is 0 Å². The van der Waals surface area contributed by atoms with Gasteiger partial charge in [0.1, 0.15) is 11.3 Å². The molecule has 0 spiro atoms. The van der Waals surface area contributed by atoms with E-state index in [1.165, 1.54) is 35.1 Å². The molecule has 0 bridgehead atoms. The Morgan fingerprint density at radius 3 is 2.96 bits per heavy atom. The van der Waals surface area contributed by atoms with Gasteiger partial charge >= 0.3 is 0 Å². The predicted octanol–water partition coefficient (Wildman–Crippen LogP) is 4.47. The fourth-order valence-corrected chi connectivity index (χ4v) is 3.47. The minimum atomic E-state index is 0.829. The molecule has 3 heteroatoms. The molecule has 4 aromatic rings. The molecule has 0 aliphatic heterocycles. The first kappa shape index (κ1) is 12.9. The van der Waals surface area contributed by atoms with E-state index in [1.807, 2.05) is 18.3 Å². The molecule has 1 radical (unpaired) electrons. The molecule has 1 fully saturated rings. The van der Waals surface area contributed by atoms with Crippen molar-refractivity contribution in [1.29, 1.82) is 0 Å². The quantitative estimate of drug-likeness (QED) is 0.547. The second-order valence-electron chi connectivity index (χ2n) is 6.54. The zero-order chi connectivity index (χ0) is 15.4. The summed E-state index contributed by atoms with van der Waals surface area (Å²) >= 11 is 0. The molecule has 0 atom stereocenters. The number of rotatable bonds is 3. The molecule has 3 nitrogen and oxygen atoms in total. The Kier molecular flexibility index (Phi) is 2.66. The molecule has 113 valence electrons. The maximum absolute atomic E-state index is 4.88. The van der Waals surface area contributed by atoms with Crippen LogP contribution in [0.4, 0.5) is 0 Å². The van der Waals surface area contributed by atoms with E-state index in [0.29, 0.717) is 0 Å². The van der Waals surface area contributed by atoms with Gasteiger partial charge in [-0.1, -0.05) is 18.2 Å². The topological polar surface area (TPSA) is 22.2 Å². The van der Waals surface area contributed by atoms with Crippen molar-refractivity contribution in [3.8, 4) is 11.4 Å². The van der Waals surface area contributed by atoms with E-state index in [1.54, 1.807) is 0 Å². The zero-order valence-corrected chi connectivity index (χ0v) is 13.2. The van der Waals surface area contributed by atoms with Gasteiger partial charge in [-0.05, 0) is 56.0 Å². The number of para-hydroxylation sites is 1. The maximum Gasteiger partial charge on any atom is 0.138 e. The average molecular weight is 300 g/mol. The number of aromatic nitrogens is 3. The highest BCUT2D eigenvalue weighted by Crippen LogP contribution is 2.36. The Morgan fingerprint density at radius 2 is 2.13 bits per heavy atom. The second kappa shape index (κ2) is 4.72. The van der Waals surface area contributed by atoms with Crippen molar-refractivity contribution in [3.05, 3.63) is 60.4 Å². The molecule has 0 unspecified atom stereocenters. The summed E-state index contributed by atoms with van der Waals surface area (Å²) in [6, 6.07) is 17.9. The predicted molar refractivity (Wildman–Crippen MR) is 92.4 cm³/mol. The first-order chi connectivity index (χ1) is 11.3. The molecule has 0 saturated heterocycles. The summed E-state index contributed by atoms with van der Waals surface area (Å²) in [5.74, 6) is 0.829. The lowest BCUT2D eigenvalue weighted by molar-refractivity contribution is 0.651. The molecule has 1 saturated carbocycles. The highest BCUT2D eigenvalue weighted by Gasteiger charge is 2.25. The Bertz CT molecular complexity index is 1020. The van der Waals surface area contributed by atoms with Gasteiger partial charge in [-0.15, -0.1) is 0 Å². The number of pyridine rings is 1. The van der Waals surface area contributed by atoms with Crippen LogP contribution in [0.25, 0.3) is 27.9 Å². The third kappa shape index (κ3) is 2.00. The van der Waals surface area contributed by atoms with Crippen LogP contribution in [-0.2, 0) is 6.54 Å². The molecule has 0 N–H and O–H groups in total. The lowest BCUT2D eigenvalue weighted by Crippen LogP contribution is -2.02. The van der Waals surface area contributed by atoms with Gasteiger partial charge in [0.25, 0.3) is 0 Å². The van der Waals surface area contributed by atoms with Gasteiger partial charge in [-0.3, -0.25) is 0 Å². The minimum Gasteiger partial charge on any atom is -0.339 e. The van der Waals surface area contributed by atoms with E-state index >= 15 is 0 Å². The molecule has 0 amide bonds. The summed E-state index contributed by atoms with van der Waals surface area (Å²) in [4.78, 5) is 4.88. The Balaban J connectivity index is 1.78. The summed E-state index contributed by atoms with van der Waals surface area (Å²) in [6.45, 7) is 3.25. The monoisotopic (exact) mass is 300 g/mol. The van der Waals surface area contributed by atoms with Gasteiger partial charge in [0.2, 0.25) is 0 Å². The summed E-state index contributed by atoms with van der Waals surface area (Å²) in [5, 5.41) is 1.30. The fraction of sp³-hybridized carbons (Fsp3) is 0.250. The molecule has 1 aliphatic carbocycles. The largest absolute Gasteiger partial charge is 0.339 e. The molecule has 3 heterocycles. The molecule has 3 aromatic heterocycles. The summed E-state index contributed by atoms with van der Waals surface area (Å²) in [6.07, 6.45) is 4.74. The van der Waals surface area contributed by atoms with Gasteiger partial charge in [0, 0.05) is 29.3 Å². The van der Waals surface area contributed by atoms with Crippen LogP contribution in [0, 0.1) is 18.9 Å². The third-order valence-corrected chi connectivity index (χ3v) is 4.90. The second-order valence-corrected chi connectivity index (χ2v) is 6.54. The minimum absolute atomic E-state index is 0.829. The molecule has 1 aromatic carbocycles. The Morgan fingerprint density at radius 1 is 1.26 bits per heavy atom. The van der Waals surface area contributed by atoms with Crippen LogP contribution in [0.5, 0.6) is 0 Å². The van der Waals surface area contributed by atoms with Crippen LogP contribution in [-0.4, -0.2) is 14.0 Å². The summed E-state index contributed by atoms with van der Waals surface area (Å²) < 4.78 is 4.61. The van der Waals surface area contributed by atoms with Gasteiger partial charge in [-0.25, -0.2) is 4.98 Å². The Labute approximate surface area is 135 Å². The van der Waals surface area contributed by atoms with Crippen LogP contribution >= 0.6 is 0 Å². The summed E-state index contributed by atoms with van der Waals surface area (Å²) in [7, 11) is 0. The molecule has 1 aliphatic rings.